The molecule has 2 aliphatic rings. The molecule has 11 nitrogen and oxygen atoms in total. The number of aromatic nitrogens is 1. The number of likely N-dealkylation sites (tertiary alicyclic amines) is 1. The summed E-state index contributed by atoms with van der Waals surface area (Å²) in [5.41, 5.74) is 3.68. The lowest BCUT2D eigenvalue weighted by molar-refractivity contribution is -0.170. The maximum Gasteiger partial charge on any atom is 0.336 e. The van der Waals surface area contributed by atoms with E-state index in [1.165, 1.54) is 25.7 Å². The molecule has 218 valence electrons. The maximum absolute atomic E-state index is 12.7. The fourth-order valence-electron chi connectivity index (χ4n) is 5.66. The van der Waals surface area contributed by atoms with Crippen molar-refractivity contribution in [2.24, 2.45) is 5.92 Å². The molecule has 4 rings (SSSR count). The van der Waals surface area contributed by atoms with Gasteiger partial charge in [0.25, 0.3) is 0 Å². The van der Waals surface area contributed by atoms with Gasteiger partial charge in [0.15, 0.2) is 5.60 Å². The Bertz CT molecular complexity index is 1180. The van der Waals surface area contributed by atoms with Crippen LogP contribution < -0.4 is 0 Å². The Hall–Kier alpha value is -3.35. The van der Waals surface area contributed by atoms with E-state index in [1.54, 1.807) is 27.4 Å². The quantitative estimate of drug-likeness (QED) is 0.329. The molecule has 1 aromatic carbocycles. The molecule has 0 saturated carbocycles. The third kappa shape index (κ3) is 7.86. The van der Waals surface area contributed by atoms with Gasteiger partial charge in [-0.25, -0.2) is 9.78 Å². The highest BCUT2D eigenvalue weighted by Gasteiger charge is 2.42. The number of aliphatic carboxylic acids is 3. The number of carbonyl (C=O) groups is 4. The van der Waals surface area contributed by atoms with Gasteiger partial charge in [-0.1, -0.05) is 24.3 Å². The van der Waals surface area contributed by atoms with E-state index in [-0.39, 0.29) is 11.8 Å². The number of amides is 1. The first kappa shape index (κ1) is 31.2. The topological polar surface area (TPSA) is 169 Å². The standard InChI is InChI=1S/C22H29N3OS.C6H8O7/c1-24(2)21(26)18(13-19-15-27-16-23-19)14-25-11-9-22(10-12-25)8-7-17-5-3-4-6-20(17)22;7-3(8)1-6(13,5(11)12)2-4(9)10/h3-6,15-16,18H,7-14H2,1-2H3;13H,1-2H2,(H,7,8)(H,9,10)(H,11,12). The SMILES string of the molecule is CN(C)C(=O)C(Cc1cscn1)CN1CCC2(CCc3ccccc32)CC1.O=C(O)CC(O)(CC(=O)O)C(=O)O. The van der Waals surface area contributed by atoms with Crippen LogP contribution in [0.15, 0.2) is 35.2 Å². The highest BCUT2D eigenvalue weighted by molar-refractivity contribution is 7.07. The summed E-state index contributed by atoms with van der Waals surface area (Å²) >= 11 is 1.60. The van der Waals surface area contributed by atoms with Crippen LogP contribution in [0.25, 0.3) is 0 Å². The van der Waals surface area contributed by atoms with Crippen LogP contribution >= 0.6 is 11.3 Å². The van der Waals surface area contributed by atoms with Crippen LogP contribution in [-0.4, -0.2) is 98.4 Å². The molecule has 4 N–H and O–H groups in total. The van der Waals surface area contributed by atoms with Crippen molar-refractivity contribution < 1.29 is 39.6 Å². The van der Waals surface area contributed by atoms with Crippen molar-refractivity contribution in [2.75, 3.05) is 33.7 Å². The van der Waals surface area contributed by atoms with E-state index in [4.69, 9.17) is 20.4 Å². The zero-order valence-corrected chi connectivity index (χ0v) is 23.6. The van der Waals surface area contributed by atoms with Crippen LogP contribution in [0, 0.1) is 5.92 Å². The summed E-state index contributed by atoms with van der Waals surface area (Å²) in [6, 6.07) is 9.01. The second-order valence-corrected chi connectivity index (χ2v) is 11.5. The Morgan fingerprint density at radius 2 is 1.68 bits per heavy atom. The van der Waals surface area contributed by atoms with Crippen LogP contribution in [0.4, 0.5) is 0 Å². The van der Waals surface area contributed by atoms with Crippen molar-refractivity contribution in [1.82, 2.24) is 14.8 Å². The maximum atomic E-state index is 12.7. The average Bonchev–Trinajstić information content (AvgIpc) is 3.52. The fraction of sp³-hybridized carbons (Fsp3) is 0.536. The predicted octanol–water partition coefficient (Wildman–Crippen LogP) is 2.12. The Morgan fingerprint density at radius 3 is 2.20 bits per heavy atom. The number of fused-ring (bicyclic) bond motifs is 2. The van der Waals surface area contributed by atoms with Gasteiger partial charge in [-0.15, -0.1) is 11.3 Å². The van der Waals surface area contributed by atoms with E-state index in [1.807, 2.05) is 19.6 Å². The number of carboxylic acid groups (broad SMARTS) is 3. The molecule has 2 heterocycles. The number of piperidine rings is 1. The minimum atomic E-state index is -2.74. The van der Waals surface area contributed by atoms with Gasteiger partial charge in [0.05, 0.1) is 30.0 Å². The number of benzene rings is 1. The molecule has 1 aromatic heterocycles. The van der Waals surface area contributed by atoms with E-state index in [0.717, 1.165) is 31.7 Å². The summed E-state index contributed by atoms with van der Waals surface area (Å²) < 4.78 is 0. The lowest BCUT2D eigenvalue weighted by atomic mass is 9.73. The Morgan fingerprint density at radius 1 is 1.05 bits per heavy atom. The number of nitrogens with zero attached hydrogens (tertiary/aromatic N) is 3. The normalized spacial score (nSPS) is 16.9. The van der Waals surface area contributed by atoms with E-state index < -0.39 is 36.4 Å². The molecule has 1 aliphatic heterocycles. The van der Waals surface area contributed by atoms with Crippen LogP contribution in [0.2, 0.25) is 0 Å². The number of aliphatic hydroxyl groups is 1. The van der Waals surface area contributed by atoms with Gasteiger partial charge in [-0.3, -0.25) is 14.4 Å². The highest BCUT2D eigenvalue weighted by atomic mass is 32.1. The third-order valence-electron chi connectivity index (χ3n) is 7.77. The van der Waals surface area contributed by atoms with E-state index in [9.17, 15) is 19.2 Å². The zero-order valence-electron chi connectivity index (χ0n) is 22.8. The predicted molar refractivity (Wildman–Crippen MR) is 147 cm³/mol. The molecule has 0 radical (unpaired) electrons. The molecule has 1 atom stereocenters. The molecule has 1 spiro atoms. The number of hydrogen-bond acceptors (Lipinski definition) is 8. The monoisotopic (exact) mass is 575 g/mol. The van der Waals surface area contributed by atoms with Gasteiger partial charge < -0.3 is 30.2 Å². The Balaban J connectivity index is 0.000000289. The summed E-state index contributed by atoms with van der Waals surface area (Å²) in [6.07, 6.45) is 3.39. The molecule has 0 bridgehead atoms. The highest BCUT2D eigenvalue weighted by Crippen LogP contribution is 2.46. The second-order valence-electron chi connectivity index (χ2n) is 10.8. The van der Waals surface area contributed by atoms with Gasteiger partial charge in [-0.05, 0) is 55.3 Å². The number of carboxylic acids is 3. The van der Waals surface area contributed by atoms with Crippen molar-refractivity contribution >= 4 is 35.2 Å². The molecular formula is C28H37N3O8S. The van der Waals surface area contributed by atoms with Crippen molar-refractivity contribution in [1.29, 1.82) is 0 Å². The largest absolute Gasteiger partial charge is 0.481 e. The number of carbonyl (C=O) groups excluding carboxylic acids is 1. The summed E-state index contributed by atoms with van der Waals surface area (Å²) in [6.45, 7) is 3.01. The van der Waals surface area contributed by atoms with Crippen LogP contribution in [0.5, 0.6) is 0 Å². The first-order valence-electron chi connectivity index (χ1n) is 13.1. The van der Waals surface area contributed by atoms with Gasteiger partial charge in [0.1, 0.15) is 0 Å². The smallest absolute Gasteiger partial charge is 0.336 e. The van der Waals surface area contributed by atoms with E-state index >= 15 is 0 Å². The lowest BCUT2D eigenvalue weighted by Gasteiger charge is -2.41. The van der Waals surface area contributed by atoms with Gasteiger partial charge in [0, 0.05) is 32.4 Å². The lowest BCUT2D eigenvalue weighted by Crippen LogP contribution is -2.46. The molecule has 1 amide bonds. The molecule has 2 aromatic rings. The molecule has 12 heteroatoms. The first-order chi connectivity index (χ1) is 18.8. The number of rotatable bonds is 10. The third-order valence-corrected chi connectivity index (χ3v) is 8.40. The van der Waals surface area contributed by atoms with Gasteiger partial charge in [-0.2, -0.15) is 0 Å². The van der Waals surface area contributed by atoms with Crippen molar-refractivity contribution in [2.45, 2.75) is 56.0 Å². The Labute approximate surface area is 237 Å². The zero-order chi connectivity index (χ0) is 29.5. The minimum Gasteiger partial charge on any atom is -0.481 e. The van der Waals surface area contributed by atoms with Crippen LogP contribution in [-0.2, 0) is 37.4 Å². The molecule has 1 fully saturated rings. The van der Waals surface area contributed by atoms with Crippen molar-refractivity contribution in [3.05, 3.63) is 52.0 Å². The molecule has 1 saturated heterocycles. The van der Waals surface area contributed by atoms with Crippen LogP contribution in [0.3, 0.4) is 0 Å². The number of aryl methyl sites for hydroxylation is 1. The Kier molecular flexibility index (Phi) is 10.4. The fourth-order valence-corrected chi connectivity index (χ4v) is 6.23. The van der Waals surface area contributed by atoms with Crippen LogP contribution in [0.1, 0.15) is 48.9 Å². The van der Waals surface area contributed by atoms with E-state index in [0.29, 0.717) is 5.41 Å². The molecule has 1 aliphatic carbocycles. The summed E-state index contributed by atoms with van der Waals surface area (Å²) in [5, 5.41) is 35.9. The average molecular weight is 576 g/mol. The van der Waals surface area contributed by atoms with Gasteiger partial charge in [0.2, 0.25) is 5.91 Å². The summed E-state index contributed by atoms with van der Waals surface area (Å²) in [4.78, 5) is 51.9. The second kappa shape index (κ2) is 13.3. The van der Waals surface area contributed by atoms with Gasteiger partial charge >= 0.3 is 17.9 Å². The molecular weight excluding hydrogens is 538 g/mol. The minimum absolute atomic E-state index is 0.00739. The summed E-state index contributed by atoms with van der Waals surface area (Å²) in [5.74, 6) is -4.81. The van der Waals surface area contributed by atoms with E-state index in [2.05, 4.69) is 39.5 Å². The number of hydrogen-bond donors (Lipinski definition) is 4. The number of thiazole rings is 1. The molecule has 1 unspecified atom stereocenters. The van der Waals surface area contributed by atoms with Crippen molar-refractivity contribution in [3.8, 4) is 0 Å². The van der Waals surface area contributed by atoms with Crippen molar-refractivity contribution in [3.63, 3.8) is 0 Å². The first-order valence-corrected chi connectivity index (χ1v) is 14.1. The summed E-state index contributed by atoms with van der Waals surface area (Å²) in [7, 11) is 3.72. The molecule has 40 heavy (non-hydrogen) atoms.